The minimum Gasteiger partial charge on any atom is -0.478 e. The third kappa shape index (κ3) is 2.85. The highest BCUT2D eigenvalue weighted by Gasteiger charge is 2.18. The first-order valence-corrected chi connectivity index (χ1v) is 5.95. The largest absolute Gasteiger partial charge is 0.478 e. The van der Waals surface area contributed by atoms with Crippen molar-refractivity contribution >= 4 is 33.5 Å². The molecule has 0 bridgehead atoms. The van der Waals surface area contributed by atoms with Crippen molar-refractivity contribution in [2.75, 3.05) is 5.32 Å². The second kappa shape index (κ2) is 5.41. The molecule has 0 unspecified atom stereocenters. The minimum absolute atomic E-state index is 0.177. The van der Waals surface area contributed by atoms with Gasteiger partial charge in [-0.15, -0.1) is 0 Å². The summed E-state index contributed by atoms with van der Waals surface area (Å²) in [7, 11) is 0. The van der Waals surface area contributed by atoms with Gasteiger partial charge >= 0.3 is 5.97 Å². The first-order chi connectivity index (χ1) is 9.38. The Morgan fingerprint density at radius 1 is 1.20 bits per heavy atom. The molecule has 20 heavy (non-hydrogen) atoms. The van der Waals surface area contributed by atoms with E-state index >= 15 is 0 Å². The van der Waals surface area contributed by atoms with Crippen molar-refractivity contribution in [1.82, 2.24) is 0 Å². The van der Waals surface area contributed by atoms with Gasteiger partial charge in [0, 0.05) is 10.5 Å². The number of anilines is 1. The predicted octanol–water partition coefficient (Wildman–Crippen LogP) is 3.27. The van der Waals surface area contributed by atoms with Crippen LogP contribution < -0.4 is 5.32 Å². The highest BCUT2D eigenvalue weighted by molar-refractivity contribution is 9.10. The number of halogens is 3. The van der Waals surface area contributed by atoms with Gasteiger partial charge in [-0.1, -0.05) is 15.9 Å². The number of carboxylic acid groups (broad SMARTS) is 1. The molecule has 0 spiro atoms. The van der Waals surface area contributed by atoms with Gasteiger partial charge in [0.1, 0.15) is 12.0 Å². The van der Waals surface area contributed by atoms with Crippen molar-refractivity contribution in [1.29, 1.82) is 0 Å². The van der Waals surface area contributed by atoms with Crippen LogP contribution in [0.1, 0.15) is 20.9 Å². The van der Waals surface area contributed by atoms with E-state index in [1.807, 2.05) is 5.32 Å². The zero-order chi connectivity index (χ0) is 14.9. The number of amides is 1. The molecule has 1 heterocycles. The summed E-state index contributed by atoms with van der Waals surface area (Å²) in [4.78, 5) is 22.3. The monoisotopic (exact) mass is 345 g/mol. The summed E-state index contributed by atoms with van der Waals surface area (Å²) in [5.74, 6) is -4.57. The maximum Gasteiger partial charge on any atom is 0.338 e. The molecule has 2 N–H and O–H groups in total. The number of aromatic carboxylic acids is 1. The number of carbonyl (C=O) groups excluding carboxylic acids is 1. The van der Waals surface area contributed by atoms with Crippen LogP contribution in [0.15, 0.2) is 33.4 Å². The van der Waals surface area contributed by atoms with Crippen molar-refractivity contribution < 1.29 is 27.9 Å². The number of benzene rings is 1. The van der Waals surface area contributed by atoms with Crippen molar-refractivity contribution in [3.8, 4) is 0 Å². The Morgan fingerprint density at radius 2 is 1.80 bits per heavy atom. The number of rotatable bonds is 3. The number of hydrogen-bond donors (Lipinski definition) is 2. The number of carbonyl (C=O) groups is 2. The number of hydrogen-bond acceptors (Lipinski definition) is 3. The zero-order valence-electron chi connectivity index (χ0n) is 9.62. The molecule has 0 atom stereocenters. The van der Waals surface area contributed by atoms with E-state index in [4.69, 9.17) is 9.52 Å². The average Bonchev–Trinajstić information content (AvgIpc) is 2.83. The molecule has 0 saturated heterocycles. The first kappa shape index (κ1) is 14.2. The third-order valence-corrected chi connectivity index (χ3v) is 2.77. The Bertz CT molecular complexity index is 676. The minimum atomic E-state index is -1.28. The van der Waals surface area contributed by atoms with Crippen LogP contribution in [-0.4, -0.2) is 17.0 Å². The van der Waals surface area contributed by atoms with E-state index in [2.05, 4.69) is 15.9 Å². The summed E-state index contributed by atoms with van der Waals surface area (Å²) in [6, 6.07) is 2.90. The van der Waals surface area contributed by atoms with Crippen LogP contribution in [0, 0.1) is 11.6 Å². The summed E-state index contributed by atoms with van der Waals surface area (Å²) in [5, 5.41) is 10.6. The van der Waals surface area contributed by atoms with E-state index in [9.17, 15) is 18.4 Å². The Labute approximate surface area is 119 Å². The maximum atomic E-state index is 13.5. The van der Waals surface area contributed by atoms with Gasteiger partial charge in [-0.25, -0.2) is 13.6 Å². The Morgan fingerprint density at radius 3 is 2.30 bits per heavy atom. The van der Waals surface area contributed by atoms with Crippen LogP contribution in [0.4, 0.5) is 14.5 Å². The van der Waals surface area contributed by atoms with E-state index in [-0.39, 0.29) is 15.8 Å². The molecule has 2 rings (SSSR count). The van der Waals surface area contributed by atoms with Crippen LogP contribution in [0.3, 0.4) is 0 Å². The Hall–Kier alpha value is -2.22. The van der Waals surface area contributed by atoms with Gasteiger partial charge < -0.3 is 14.8 Å². The molecule has 104 valence electrons. The smallest absolute Gasteiger partial charge is 0.338 e. The molecule has 0 aliphatic carbocycles. The molecular formula is C12H6BrF2NO4. The average molecular weight is 346 g/mol. The van der Waals surface area contributed by atoms with Gasteiger partial charge in [0.15, 0.2) is 17.4 Å². The molecule has 0 aliphatic rings. The Balaban J connectivity index is 2.25. The highest BCUT2D eigenvalue weighted by Crippen LogP contribution is 2.24. The zero-order valence-corrected chi connectivity index (χ0v) is 11.2. The van der Waals surface area contributed by atoms with Gasteiger partial charge in [-0.2, -0.15) is 0 Å². The topological polar surface area (TPSA) is 79.5 Å². The molecule has 5 nitrogen and oxygen atoms in total. The lowest BCUT2D eigenvalue weighted by Crippen LogP contribution is -2.13. The number of carboxylic acids is 1. The molecule has 1 aromatic carbocycles. The van der Waals surface area contributed by atoms with Crippen LogP contribution >= 0.6 is 15.9 Å². The standard InChI is InChI=1S/C12H6BrF2NO4/c13-6-2-7(14)10(8(15)3-6)16-11(17)9-1-5(4-20-9)12(18)19/h1-4H,(H,16,17)(H,18,19). The summed E-state index contributed by atoms with van der Waals surface area (Å²) in [6.45, 7) is 0. The fraction of sp³-hybridized carbons (Fsp3) is 0. The predicted molar refractivity (Wildman–Crippen MR) is 67.7 cm³/mol. The molecule has 1 aromatic heterocycles. The van der Waals surface area contributed by atoms with Crippen LogP contribution in [0.5, 0.6) is 0 Å². The fourth-order valence-electron chi connectivity index (χ4n) is 1.40. The van der Waals surface area contributed by atoms with E-state index in [1.54, 1.807) is 0 Å². The molecule has 8 heteroatoms. The quantitative estimate of drug-likeness (QED) is 0.894. The summed E-state index contributed by atoms with van der Waals surface area (Å²) in [5.41, 5.74) is -0.890. The lowest BCUT2D eigenvalue weighted by Gasteiger charge is -2.06. The van der Waals surface area contributed by atoms with E-state index in [1.165, 1.54) is 0 Å². The summed E-state index contributed by atoms with van der Waals surface area (Å²) >= 11 is 2.90. The van der Waals surface area contributed by atoms with E-state index < -0.39 is 29.2 Å². The van der Waals surface area contributed by atoms with Crippen LogP contribution in [-0.2, 0) is 0 Å². The van der Waals surface area contributed by atoms with Gasteiger partial charge in [0.25, 0.3) is 5.91 Å². The van der Waals surface area contributed by atoms with Crippen LogP contribution in [0.2, 0.25) is 0 Å². The molecule has 0 aliphatic heterocycles. The number of nitrogens with one attached hydrogen (secondary N) is 1. The summed E-state index contributed by atoms with van der Waals surface area (Å²) in [6.07, 6.45) is 0.853. The molecular weight excluding hydrogens is 340 g/mol. The molecule has 2 aromatic rings. The van der Waals surface area contributed by atoms with Crippen LogP contribution in [0.25, 0.3) is 0 Å². The Kier molecular flexibility index (Phi) is 3.84. The molecule has 0 radical (unpaired) electrons. The molecule has 1 amide bonds. The second-order valence-electron chi connectivity index (χ2n) is 3.70. The lowest BCUT2D eigenvalue weighted by atomic mass is 10.2. The number of furan rings is 1. The maximum absolute atomic E-state index is 13.5. The highest BCUT2D eigenvalue weighted by atomic mass is 79.9. The van der Waals surface area contributed by atoms with Gasteiger partial charge in [-0.05, 0) is 12.1 Å². The summed E-state index contributed by atoms with van der Waals surface area (Å²) < 4.78 is 31.9. The third-order valence-electron chi connectivity index (χ3n) is 2.32. The van der Waals surface area contributed by atoms with Crippen molar-refractivity contribution in [2.24, 2.45) is 0 Å². The SMILES string of the molecule is O=C(O)c1coc(C(=O)Nc2c(F)cc(Br)cc2F)c1. The van der Waals surface area contributed by atoms with E-state index in [0.717, 1.165) is 24.5 Å². The second-order valence-corrected chi connectivity index (χ2v) is 4.62. The van der Waals surface area contributed by atoms with Gasteiger partial charge in [-0.3, -0.25) is 4.79 Å². The van der Waals surface area contributed by atoms with Gasteiger partial charge in [0.05, 0.1) is 5.56 Å². The van der Waals surface area contributed by atoms with E-state index in [0.29, 0.717) is 0 Å². The molecule has 0 fully saturated rings. The van der Waals surface area contributed by atoms with Crippen molar-refractivity contribution in [2.45, 2.75) is 0 Å². The first-order valence-electron chi connectivity index (χ1n) is 5.16. The van der Waals surface area contributed by atoms with Gasteiger partial charge in [0.2, 0.25) is 0 Å². The lowest BCUT2D eigenvalue weighted by molar-refractivity contribution is 0.0696. The van der Waals surface area contributed by atoms with Crippen molar-refractivity contribution in [3.05, 3.63) is 51.9 Å². The molecule has 0 saturated carbocycles. The van der Waals surface area contributed by atoms with Crippen molar-refractivity contribution in [3.63, 3.8) is 0 Å². The normalized spacial score (nSPS) is 10.3. The fourth-order valence-corrected chi connectivity index (χ4v) is 1.81.